The van der Waals surface area contributed by atoms with E-state index < -0.39 is 23.9 Å². The van der Waals surface area contributed by atoms with Gasteiger partial charge in [0.15, 0.2) is 11.5 Å². The van der Waals surface area contributed by atoms with E-state index in [0.29, 0.717) is 35.9 Å². The Morgan fingerprint density at radius 1 is 0.976 bits per heavy atom. The summed E-state index contributed by atoms with van der Waals surface area (Å²) in [4.78, 5) is 42.8. The average molecular weight is 570 g/mol. The van der Waals surface area contributed by atoms with Gasteiger partial charge in [0.25, 0.3) is 5.91 Å². The van der Waals surface area contributed by atoms with Crippen LogP contribution in [-0.2, 0) is 25.5 Å². The van der Waals surface area contributed by atoms with Gasteiger partial charge in [0.1, 0.15) is 17.5 Å². The molecule has 11 nitrogen and oxygen atoms in total. The number of fused-ring (bicyclic) bond motifs is 1. The molecule has 1 N–H and O–H groups in total. The predicted octanol–water partition coefficient (Wildman–Crippen LogP) is 3.50. The Hall–Kier alpha value is -3.99. The third-order valence-electron chi connectivity index (χ3n) is 7.02. The molecular formula is C30H39N3O8. The molecule has 0 spiro atoms. The van der Waals surface area contributed by atoms with Crippen molar-refractivity contribution in [3.63, 3.8) is 0 Å². The fraction of sp³-hybridized carbons (Fsp3) is 0.500. The van der Waals surface area contributed by atoms with E-state index in [-0.39, 0.29) is 37.4 Å². The number of carbonyl (C=O) groups is 3. The smallest absolute Gasteiger partial charge is 0.410 e. The van der Waals surface area contributed by atoms with Crippen molar-refractivity contribution in [2.24, 2.45) is 0 Å². The first-order chi connectivity index (χ1) is 19.5. The lowest BCUT2D eigenvalue weighted by Gasteiger charge is -2.40. The van der Waals surface area contributed by atoms with Crippen LogP contribution in [0.1, 0.15) is 32.8 Å². The van der Waals surface area contributed by atoms with Crippen LogP contribution < -0.4 is 19.5 Å². The van der Waals surface area contributed by atoms with Crippen LogP contribution in [-0.4, -0.2) is 92.5 Å². The van der Waals surface area contributed by atoms with Gasteiger partial charge in [-0.1, -0.05) is 6.07 Å². The van der Waals surface area contributed by atoms with Crippen LogP contribution in [0.2, 0.25) is 0 Å². The first-order valence-corrected chi connectivity index (χ1v) is 13.6. The molecule has 2 aliphatic rings. The second-order valence-corrected chi connectivity index (χ2v) is 11.1. The molecule has 0 saturated carbocycles. The summed E-state index contributed by atoms with van der Waals surface area (Å²) in [6, 6.07) is 12.2. The molecule has 2 aliphatic heterocycles. The number of amides is 3. The first-order valence-electron chi connectivity index (χ1n) is 13.6. The number of anilines is 1. The van der Waals surface area contributed by atoms with Gasteiger partial charge in [0, 0.05) is 18.8 Å². The fourth-order valence-corrected chi connectivity index (χ4v) is 5.03. The van der Waals surface area contributed by atoms with Crippen LogP contribution in [0.4, 0.5) is 10.5 Å². The minimum Gasteiger partial charge on any atom is -0.497 e. The minimum atomic E-state index is -0.988. The maximum atomic E-state index is 13.7. The minimum absolute atomic E-state index is 0.159. The Kier molecular flexibility index (Phi) is 9.27. The molecule has 4 rings (SSSR count). The second kappa shape index (κ2) is 12.7. The molecule has 2 heterocycles. The van der Waals surface area contributed by atoms with E-state index in [0.717, 1.165) is 5.56 Å². The number of likely N-dealkylation sites (tertiary alicyclic amines) is 1. The van der Waals surface area contributed by atoms with Crippen LogP contribution in [0.25, 0.3) is 0 Å². The van der Waals surface area contributed by atoms with Crippen molar-refractivity contribution in [1.29, 1.82) is 0 Å². The lowest BCUT2D eigenvalue weighted by Crippen LogP contribution is -2.59. The largest absolute Gasteiger partial charge is 0.497 e. The van der Waals surface area contributed by atoms with Gasteiger partial charge in [-0.25, -0.2) is 4.79 Å². The van der Waals surface area contributed by atoms with Crippen molar-refractivity contribution >= 4 is 23.6 Å². The number of nitrogens with one attached hydrogen (secondary N) is 1. The number of ether oxygens (including phenoxy) is 5. The summed E-state index contributed by atoms with van der Waals surface area (Å²) in [5.41, 5.74) is 0.880. The number of morpholine rings is 1. The molecule has 11 heteroatoms. The summed E-state index contributed by atoms with van der Waals surface area (Å²) in [6.45, 7) is 6.33. The second-order valence-electron chi connectivity index (χ2n) is 11.1. The molecule has 0 aliphatic carbocycles. The zero-order valence-corrected chi connectivity index (χ0v) is 24.5. The van der Waals surface area contributed by atoms with Crippen molar-refractivity contribution < 1.29 is 38.1 Å². The van der Waals surface area contributed by atoms with E-state index in [4.69, 9.17) is 23.7 Å². The molecule has 41 heavy (non-hydrogen) atoms. The summed E-state index contributed by atoms with van der Waals surface area (Å²) in [6.07, 6.45) is -1.53. The van der Waals surface area contributed by atoms with Crippen molar-refractivity contribution in [3.8, 4) is 17.2 Å². The van der Waals surface area contributed by atoms with Crippen molar-refractivity contribution in [2.75, 3.05) is 46.3 Å². The van der Waals surface area contributed by atoms with Crippen molar-refractivity contribution in [1.82, 2.24) is 9.80 Å². The lowest BCUT2D eigenvalue weighted by molar-refractivity contribution is -0.168. The van der Waals surface area contributed by atoms with Gasteiger partial charge < -0.3 is 38.8 Å². The predicted molar refractivity (Wildman–Crippen MR) is 151 cm³/mol. The van der Waals surface area contributed by atoms with E-state index in [1.165, 1.54) is 0 Å². The van der Waals surface area contributed by atoms with E-state index in [1.54, 1.807) is 76.2 Å². The van der Waals surface area contributed by atoms with Crippen LogP contribution in [0.5, 0.6) is 17.2 Å². The highest BCUT2D eigenvalue weighted by molar-refractivity contribution is 5.95. The molecule has 0 bridgehead atoms. The highest BCUT2D eigenvalue weighted by atomic mass is 16.6. The Labute approximate surface area is 240 Å². The number of carbonyl (C=O) groups excluding carboxylic acids is 3. The molecule has 2 aromatic rings. The molecule has 2 aromatic carbocycles. The summed E-state index contributed by atoms with van der Waals surface area (Å²) in [5.74, 6) is 1.24. The van der Waals surface area contributed by atoms with Crippen molar-refractivity contribution in [2.45, 2.75) is 57.5 Å². The summed E-state index contributed by atoms with van der Waals surface area (Å²) < 4.78 is 27.7. The summed E-state index contributed by atoms with van der Waals surface area (Å²) in [7, 11) is 4.71. The van der Waals surface area contributed by atoms with Gasteiger partial charge >= 0.3 is 6.09 Å². The highest BCUT2D eigenvalue weighted by Crippen LogP contribution is 2.31. The number of rotatable bonds is 9. The molecule has 3 unspecified atom stereocenters. The molecule has 0 radical (unpaired) electrons. The van der Waals surface area contributed by atoms with Crippen LogP contribution in [0, 0.1) is 0 Å². The summed E-state index contributed by atoms with van der Waals surface area (Å²) >= 11 is 0. The normalized spacial score (nSPS) is 20.3. The molecule has 2 saturated heterocycles. The molecule has 3 atom stereocenters. The number of nitrogens with zero attached hydrogens (tertiary/aromatic N) is 2. The van der Waals surface area contributed by atoms with Gasteiger partial charge in [0.05, 0.1) is 46.4 Å². The standard InChI is InChI=1S/C30H39N3O8/c1-30(2,3)41-29(36)32-17-22-26(18-32)40-25(16-27(34)31-20-8-10-21(37-4)11-9-20)28(35)33(22)14-13-19-7-12-23(38-5)24(15-19)39-6/h7-12,15,22,25-26H,13-14,16-18H2,1-6H3,(H,31,34). The zero-order chi connectivity index (χ0) is 29.7. The van der Waals surface area contributed by atoms with Gasteiger partial charge in [-0.15, -0.1) is 0 Å². The molecule has 0 aromatic heterocycles. The van der Waals surface area contributed by atoms with Gasteiger partial charge in [-0.05, 0) is 69.2 Å². The fourth-order valence-electron chi connectivity index (χ4n) is 5.03. The van der Waals surface area contributed by atoms with Crippen molar-refractivity contribution in [3.05, 3.63) is 48.0 Å². The number of methoxy groups -OCH3 is 3. The first kappa shape index (κ1) is 30.0. The van der Waals surface area contributed by atoms with E-state index in [2.05, 4.69) is 5.32 Å². The van der Waals surface area contributed by atoms with E-state index >= 15 is 0 Å². The van der Waals surface area contributed by atoms with Crippen LogP contribution in [0.15, 0.2) is 42.5 Å². The Morgan fingerprint density at radius 3 is 2.32 bits per heavy atom. The van der Waals surface area contributed by atoms with Crippen LogP contribution >= 0.6 is 0 Å². The van der Waals surface area contributed by atoms with E-state index in [1.807, 2.05) is 18.2 Å². The summed E-state index contributed by atoms with van der Waals surface area (Å²) in [5, 5.41) is 2.81. The zero-order valence-electron chi connectivity index (χ0n) is 24.5. The Morgan fingerprint density at radius 2 is 1.68 bits per heavy atom. The van der Waals surface area contributed by atoms with Gasteiger partial charge in [-0.3, -0.25) is 9.59 Å². The molecule has 222 valence electrons. The third kappa shape index (κ3) is 7.40. The van der Waals surface area contributed by atoms with Gasteiger partial charge in [-0.2, -0.15) is 0 Å². The number of hydrogen-bond donors (Lipinski definition) is 1. The van der Waals surface area contributed by atoms with Gasteiger partial charge in [0.2, 0.25) is 5.91 Å². The Bertz CT molecular complexity index is 1240. The van der Waals surface area contributed by atoms with E-state index in [9.17, 15) is 14.4 Å². The average Bonchev–Trinajstić information content (AvgIpc) is 3.36. The SMILES string of the molecule is COc1ccc(NC(=O)CC2OC3CN(C(=O)OC(C)(C)C)CC3N(CCc3ccc(OC)c(OC)c3)C2=O)cc1. The highest BCUT2D eigenvalue weighted by Gasteiger charge is 2.49. The molecule has 3 amide bonds. The molecule has 2 fully saturated rings. The Balaban J connectivity index is 1.50. The van der Waals surface area contributed by atoms with Crippen LogP contribution in [0.3, 0.4) is 0 Å². The maximum absolute atomic E-state index is 13.7. The monoisotopic (exact) mass is 569 g/mol. The maximum Gasteiger partial charge on any atom is 0.410 e. The number of hydrogen-bond acceptors (Lipinski definition) is 8. The third-order valence-corrected chi connectivity index (χ3v) is 7.02. The lowest BCUT2D eigenvalue weighted by atomic mass is 10.0. The molecular weight excluding hydrogens is 530 g/mol. The topological polar surface area (TPSA) is 116 Å². The number of benzene rings is 2. The quantitative estimate of drug-likeness (QED) is 0.488.